The second-order valence-corrected chi connectivity index (χ2v) is 7.36. The van der Waals surface area contributed by atoms with E-state index in [4.69, 9.17) is 0 Å². The summed E-state index contributed by atoms with van der Waals surface area (Å²) in [5.74, 6) is 0.528. The highest BCUT2D eigenvalue weighted by atomic mass is 15.1. The van der Waals surface area contributed by atoms with Crippen LogP contribution in [0, 0.1) is 0 Å². The van der Waals surface area contributed by atoms with Crippen molar-refractivity contribution < 1.29 is 0 Å². The Morgan fingerprint density at radius 1 is 0.964 bits per heavy atom. The Bertz CT molecular complexity index is 1100. The van der Waals surface area contributed by atoms with Crippen molar-refractivity contribution in [2.45, 2.75) is 18.9 Å². The molecule has 4 aromatic rings. The van der Waals surface area contributed by atoms with E-state index in [0.717, 1.165) is 48.2 Å². The van der Waals surface area contributed by atoms with Crippen LogP contribution in [0.4, 0.5) is 0 Å². The highest BCUT2D eigenvalue weighted by Crippen LogP contribution is 2.30. The lowest BCUT2D eigenvalue weighted by Gasteiger charge is -2.16. The molecule has 5 rings (SSSR count). The third kappa shape index (κ3) is 3.49. The minimum atomic E-state index is 0.528. The Labute approximate surface area is 164 Å². The summed E-state index contributed by atoms with van der Waals surface area (Å²) in [6.07, 6.45) is 10.4. The molecule has 0 saturated carbocycles. The molecule has 1 aliphatic rings. The fourth-order valence-corrected chi connectivity index (χ4v) is 3.99. The Hall–Kier alpha value is -3.18. The first-order chi connectivity index (χ1) is 13.8. The van der Waals surface area contributed by atoms with Gasteiger partial charge in [0.1, 0.15) is 6.33 Å². The Kier molecular flexibility index (Phi) is 4.51. The van der Waals surface area contributed by atoms with Crippen molar-refractivity contribution in [2.75, 3.05) is 13.1 Å². The maximum Gasteiger partial charge on any atom is 0.115 e. The third-order valence-corrected chi connectivity index (χ3v) is 5.43. The molecule has 1 fully saturated rings. The molecule has 1 saturated heterocycles. The van der Waals surface area contributed by atoms with Crippen LogP contribution in [-0.4, -0.2) is 37.9 Å². The van der Waals surface area contributed by atoms with Crippen molar-refractivity contribution in [3.63, 3.8) is 0 Å². The molecule has 0 aliphatic carbocycles. The number of pyridine rings is 2. The van der Waals surface area contributed by atoms with E-state index in [9.17, 15) is 0 Å². The largest absolute Gasteiger partial charge is 0.298 e. The van der Waals surface area contributed by atoms with E-state index in [1.807, 2.05) is 43.0 Å². The molecule has 0 radical (unpaired) electrons. The van der Waals surface area contributed by atoms with Gasteiger partial charge in [-0.2, -0.15) is 0 Å². The van der Waals surface area contributed by atoms with Crippen LogP contribution in [-0.2, 0) is 6.54 Å². The number of nitrogens with zero attached hydrogens (tertiary/aromatic N) is 5. The molecular formula is C23H21N5. The summed E-state index contributed by atoms with van der Waals surface area (Å²) in [4.78, 5) is 19.9. The van der Waals surface area contributed by atoms with Gasteiger partial charge in [-0.15, -0.1) is 0 Å². The Morgan fingerprint density at radius 3 is 2.79 bits per heavy atom. The lowest BCUT2D eigenvalue weighted by Crippen LogP contribution is -2.20. The van der Waals surface area contributed by atoms with E-state index in [1.54, 1.807) is 6.33 Å². The summed E-state index contributed by atoms with van der Waals surface area (Å²) in [7, 11) is 0. The summed E-state index contributed by atoms with van der Waals surface area (Å²) in [6.45, 7) is 3.05. The number of benzene rings is 1. The van der Waals surface area contributed by atoms with Crippen LogP contribution < -0.4 is 0 Å². The molecule has 5 nitrogen and oxygen atoms in total. The van der Waals surface area contributed by atoms with Crippen molar-refractivity contribution in [2.24, 2.45) is 0 Å². The van der Waals surface area contributed by atoms with Crippen LogP contribution in [0.1, 0.15) is 23.5 Å². The van der Waals surface area contributed by atoms with Crippen molar-refractivity contribution in [3.05, 3.63) is 84.7 Å². The minimum absolute atomic E-state index is 0.528. The summed E-state index contributed by atoms with van der Waals surface area (Å²) in [6, 6.07) is 14.7. The smallest absolute Gasteiger partial charge is 0.115 e. The van der Waals surface area contributed by atoms with Gasteiger partial charge in [-0.05, 0) is 48.7 Å². The topological polar surface area (TPSA) is 54.8 Å². The van der Waals surface area contributed by atoms with Gasteiger partial charge in [-0.3, -0.25) is 14.9 Å². The van der Waals surface area contributed by atoms with E-state index in [-0.39, 0.29) is 0 Å². The van der Waals surface area contributed by atoms with Crippen LogP contribution in [0.15, 0.2) is 73.6 Å². The predicted molar refractivity (Wildman–Crippen MR) is 110 cm³/mol. The van der Waals surface area contributed by atoms with Gasteiger partial charge in [0.2, 0.25) is 0 Å². The monoisotopic (exact) mass is 367 g/mol. The highest BCUT2D eigenvalue weighted by Gasteiger charge is 2.24. The Morgan fingerprint density at radius 2 is 1.86 bits per heavy atom. The SMILES string of the molecule is c1ccc2ncc(-c3cc([C@H]4CCN(Cc5cncnc5)C4)ccn3)cc2c1. The van der Waals surface area contributed by atoms with Crippen LogP contribution in [0.3, 0.4) is 0 Å². The molecule has 4 heterocycles. The first kappa shape index (κ1) is 17.0. The van der Waals surface area contributed by atoms with Gasteiger partial charge in [0, 0.05) is 54.4 Å². The van der Waals surface area contributed by atoms with Gasteiger partial charge in [-0.25, -0.2) is 9.97 Å². The summed E-state index contributed by atoms with van der Waals surface area (Å²) >= 11 is 0. The van der Waals surface area contributed by atoms with Gasteiger partial charge in [0.25, 0.3) is 0 Å². The number of rotatable bonds is 4. The molecule has 3 aromatic heterocycles. The fraction of sp³-hybridized carbons (Fsp3) is 0.217. The first-order valence-corrected chi connectivity index (χ1v) is 9.62. The quantitative estimate of drug-likeness (QED) is 0.544. The second kappa shape index (κ2) is 7.44. The average molecular weight is 367 g/mol. The third-order valence-electron chi connectivity index (χ3n) is 5.43. The maximum absolute atomic E-state index is 4.60. The summed E-state index contributed by atoms with van der Waals surface area (Å²) in [5, 5.41) is 1.14. The van der Waals surface area contributed by atoms with Crippen LogP contribution in [0.25, 0.3) is 22.2 Å². The van der Waals surface area contributed by atoms with Gasteiger partial charge >= 0.3 is 0 Å². The number of likely N-dealkylation sites (tertiary alicyclic amines) is 1. The molecule has 1 atom stereocenters. The molecule has 0 unspecified atom stereocenters. The first-order valence-electron chi connectivity index (χ1n) is 9.62. The minimum Gasteiger partial charge on any atom is -0.298 e. The molecule has 5 heteroatoms. The summed E-state index contributed by atoms with van der Waals surface area (Å²) < 4.78 is 0. The molecule has 28 heavy (non-hydrogen) atoms. The fourth-order valence-electron chi connectivity index (χ4n) is 3.99. The summed E-state index contributed by atoms with van der Waals surface area (Å²) in [5.41, 5.74) is 5.59. The molecule has 0 bridgehead atoms. The van der Waals surface area contributed by atoms with Crippen LogP contribution in [0.2, 0.25) is 0 Å². The predicted octanol–water partition coefficient (Wildman–Crippen LogP) is 4.08. The Balaban J connectivity index is 1.35. The lowest BCUT2D eigenvalue weighted by molar-refractivity contribution is 0.326. The zero-order chi connectivity index (χ0) is 18.8. The van der Waals surface area contributed by atoms with Gasteiger partial charge in [0.15, 0.2) is 0 Å². The van der Waals surface area contributed by atoms with Crippen molar-refractivity contribution in [1.82, 2.24) is 24.8 Å². The molecular weight excluding hydrogens is 346 g/mol. The van der Waals surface area contributed by atoms with Gasteiger partial charge < -0.3 is 0 Å². The zero-order valence-corrected chi connectivity index (χ0v) is 15.6. The molecule has 138 valence electrons. The van der Waals surface area contributed by atoms with Crippen molar-refractivity contribution >= 4 is 10.9 Å². The van der Waals surface area contributed by atoms with Crippen LogP contribution in [0.5, 0.6) is 0 Å². The van der Waals surface area contributed by atoms with E-state index < -0.39 is 0 Å². The molecule has 1 aliphatic heterocycles. The zero-order valence-electron chi connectivity index (χ0n) is 15.6. The van der Waals surface area contributed by atoms with Crippen LogP contribution >= 0.6 is 0 Å². The number of hydrogen-bond donors (Lipinski definition) is 0. The van der Waals surface area contributed by atoms with E-state index in [2.05, 4.69) is 49.1 Å². The van der Waals surface area contributed by atoms with Crippen molar-refractivity contribution in [1.29, 1.82) is 0 Å². The molecule has 1 aromatic carbocycles. The standard InChI is InChI=1S/C23H21N5/c1-2-4-22-19(3-1)9-21(13-27-22)23-10-18(5-7-26-23)20-6-8-28(15-20)14-17-11-24-16-25-12-17/h1-5,7,9-13,16,20H,6,8,14-15H2/t20-/m0/s1. The van der Waals surface area contributed by atoms with E-state index in [1.165, 1.54) is 11.1 Å². The number of hydrogen-bond acceptors (Lipinski definition) is 5. The average Bonchev–Trinajstić information content (AvgIpc) is 3.23. The number of aromatic nitrogens is 4. The van der Waals surface area contributed by atoms with Gasteiger partial charge in [-0.1, -0.05) is 18.2 Å². The number of para-hydroxylation sites is 1. The van der Waals surface area contributed by atoms with Crippen molar-refractivity contribution in [3.8, 4) is 11.3 Å². The van der Waals surface area contributed by atoms with Gasteiger partial charge in [0.05, 0.1) is 11.2 Å². The highest BCUT2D eigenvalue weighted by molar-refractivity contribution is 5.82. The molecule has 0 N–H and O–H groups in total. The lowest BCUT2D eigenvalue weighted by atomic mass is 9.97. The molecule has 0 amide bonds. The number of fused-ring (bicyclic) bond motifs is 1. The maximum atomic E-state index is 4.60. The second-order valence-electron chi connectivity index (χ2n) is 7.36. The normalized spacial score (nSPS) is 17.2. The van der Waals surface area contributed by atoms with E-state index in [0.29, 0.717) is 5.92 Å². The molecule has 0 spiro atoms. The van der Waals surface area contributed by atoms with E-state index >= 15 is 0 Å².